The molecule has 0 saturated heterocycles. The third kappa shape index (κ3) is 3.98. The monoisotopic (exact) mass is 325 g/mol. The summed E-state index contributed by atoms with van der Waals surface area (Å²) in [6, 6.07) is 7.26. The lowest BCUT2D eigenvalue weighted by Crippen LogP contribution is -2.31. The largest absolute Gasteiger partial charge is 0.411 e. The molecule has 0 N–H and O–H groups in total. The molecule has 0 spiro atoms. The van der Waals surface area contributed by atoms with Gasteiger partial charge >= 0.3 is 0 Å². The zero-order valence-electron chi connectivity index (χ0n) is 11.9. The van der Waals surface area contributed by atoms with Gasteiger partial charge in [0.25, 0.3) is 5.22 Å². The summed E-state index contributed by atoms with van der Waals surface area (Å²) in [4.78, 5) is 13.7. The summed E-state index contributed by atoms with van der Waals surface area (Å²) in [5.74, 6) is 0.701. The third-order valence-electron chi connectivity index (χ3n) is 2.95. The average Bonchev–Trinajstić information content (AvgIpc) is 2.95. The van der Waals surface area contributed by atoms with E-state index >= 15 is 0 Å². The molecule has 0 fully saturated rings. The molecule has 112 valence electrons. The molecule has 0 radical (unpaired) electrons. The lowest BCUT2D eigenvalue weighted by molar-refractivity contribution is -0.127. The molecule has 7 heteroatoms. The van der Waals surface area contributed by atoms with Crippen molar-refractivity contribution in [2.75, 3.05) is 18.8 Å². The number of hydrogen-bond acceptors (Lipinski definition) is 5. The summed E-state index contributed by atoms with van der Waals surface area (Å²) in [7, 11) is 0. The maximum Gasteiger partial charge on any atom is 0.277 e. The zero-order valence-corrected chi connectivity index (χ0v) is 13.4. The van der Waals surface area contributed by atoms with Crippen LogP contribution in [-0.4, -0.2) is 39.8 Å². The fourth-order valence-corrected chi connectivity index (χ4v) is 2.69. The predicted octanol–water partition coefficient (Wildman–Crippen LogP) is 3.35. The second-order valence-electron chi connectivity index (χ2n) is 4.21. The normalized spacial score (nSPS) is 10.6. The topological polar surface area (TPSA) is 59.2 Å². The molecule has 0 atom stereocenters. The van der Waals surface area contributed by atoms with E-state index in [1.807, 2.05) is 32.0 Å². The van der Waals surface area contributed by atoms with Gasteiger partial charge in [0.2, 0.25) is 11.8 Å². The summed E-state index contributed by atoms with van der Waals surface area (Å²) < 4.78 is 5.53. The quantitative estimate of drug-likeness (QED) is 0.762. The number of carbonyl (C=O) groups excluding carboxylic acids is 1. The SMILES string of the molecule is CCN(CC)C(=O)CSc1nnc(-c2ccccc2Cl)o1. The fraction of sp³-hybridized carbons (Fsp3) is 0.357. The van der Waals surface area contributed by atoms with Gasteiger partial charge in [-0.25, -0.2) is 0 Å². The molecule has 2 aromatic rings. The Balaban J connectivity index is 2.01. The Kier molecular flexibility index (Phi) is 5.64. The molecule has 0 saturated carbocycles. The highest BCUT2D eigenvalue weighted by Crippen LogP contribution is 2.28. The number of benzene rings is 1. The standard InChI is InChI=1S/C14H16ClN3O2S/c1-3-18(4-2)12(19)9-21-14-17-16-13(20-14)10-7-5-6-8-11(10)15/h5-8H,3-4,9H2,1-2H3. The van der Waals surface area contributed by atoms with Crippen LogP contribution in [0.5, 0.6) is 0 Å². The smallest absolute Gasteiger partial charge is 0.277 e. The molecule has 1 amide bonds. The van der Waals surface area contributed by atoms with Gasteiger partial charge in [-0.1, -0.05) is 35.5 Å². The van der Waals surface area contributed by atoms with Gasteiger partial charge in [-0.05, 0) is 26.0 Å². The van der Waals surface area contributed by atoms with Gasteiger partial charge in [0.1, 0.15) is 0 Å². The Bertz CT molecular complexity index is 614. The number of thioether (sulfide) groups is 1. The number of halogens is 1. The maximum atomic E-state index is 11.9. The van der Waals surface area contributed by atoms with Crippen LogP contribution < -0.4 is 0 Å². The van der Waals surface area contributed by atoms with Crippen LogP contribution in [0.4, 0.5) is 0 Å². The first-order valence-electron chi connectivity index (χ1n) is 6.64. The Morgan fingerprint density at radius 2 is 2.00 bits per heavy atom. The molecule has 5 nitrogen and oxygen atoms in total. The number of nitrogens with zero attached hydrogens (tertiary/aromatic N) is 3. The Labute approximate surface area is 132 Å². The first kappa shape index (κ1) is 15.9. The van der Waals surface area contributed by atoms with Crippen LogP contribution >= 0.6 is 23.4 Å². The first-order chi connectivity index (χ1) is 10.2. The minimum absolute atomic E-state index is 0.0579. The van der Waals surface area contributed by atoms with Crippen LogP contribution in [0.25, 0.3) is 11.5 Å². The Morgan fingerprint density at radius 1 is 1.29 bits per heavy atom. The number of rotatable bonds is 6. The number of carbonyl (C=O) groups is 1. The molecule has 1 aromatic carbocycles. The molecule has 0 unspecified atom stereocenters. The van der Waals surface area contributed by atoms with Crippen LogP contribution in [0.2, 0.25) is 5.02 Å². The highest BCUT2D eigenvalue weighted by Gasteiger charge is 2.15. The van der Waals surface area contributed by atoms with Gasteiger partial charge in [-0.3, -0.25) is 4.79 Å². The Morgan fingerprint density at radius 3 is 2.67 bits per heavy atom. The van der Waals surface area contributed by atoms with E-state index in [2.05, 4.69) is 10.2 Å². The molecule has 0 aliphatic heterocycles. The van der Waals surface area contributed by atoms with Crippen molar-refractivity contribution >= 4 is 29.3 Å². The fourth-order valence-electron chi connectivity index (χ4n) is 1.80. The molecule has 0 aliphatic rings. The van der Waals surface area contributed by atoms with E-state index in [9.17, 15) is 4.79 Å². The van der Waals surface area contributed by atoms with Crippen molar-refractivity contribution in [1.82, 2.24) is 15.1 Å². The van der Waals surface area contributed by atoms with Crippen LogP contribution in [0.3, 0.4) is 0 Å². The zero-order chi connectivity index (χ0) is 15.2. The highest BCUT2D eigenvalue weighted by molar-refractivity contribution is 7.99. The minimum Gasteiger partial charge on any atom is -0.411 e. The van der Waals surface area contributed by atoms with E-state index < -0.39 is 0 Å². The molecule has 2 rings (SSSR count). The van der Waals surface area contributed by atoms with E-state index in [1.54, 1.807) is 11.0 Å². The van der Waals surface area contributed by atoms with Gasteiger partial charge in [0, 0.05) is 13.1 Å². The molecule has 0 bridgehead atoms. The number of hydrogen-bond donors (Lipinski definition) is 0. The summed E-state index contributed by atoms with van der Waals surface area (Å²) in [6.45, 7) is 5.30. The molecule has 1 aromatic heterocycles. The summed E-state index contributed by atoms with van der Waals surface area (Å²) in [6.07, 6.45) is 0. The second kappa shape index (κ2) is 7.47. The van der Waals surface area contributed by atoms with Gasteiger partial charge < -0.3 is 9.32 Å². The van der Waals surface area contributed by atoms with E-state index in [1.165, 1.54) is 11.8 Å². The minimum atomic E-state index is 0.0579. The lowest BCUT2D eigenvalue weighted by atomic mass is 10.2. The van der Waals surface area contributed by atoms with Crippen LogP contribution in [0.15, 0.2) is 33.9 Å². The maximum absolute atomic E-state index is 11.9. The summed E-state index contributed by atoms with van der Waals surface area (Å²) in [5.41, 5.74) is 0.689. The molecule has 0 aliphatic carbocycles. The van der Waals surface area contributed by atoms with E-state index in [0.29, 0.717) is 34.8 Å². The van der Waals surface area contributed by atoms with Crippen LogP contribution in [-0.2, 0) is 4.79 Å². The van der Waals surface area contributed by atoms with E-state index in [-0.39, 0.29) is 11.7 Å². The van der Waals surface area contributed by atoms with Crippen molar-refractivity contribution in [1.29, 1.82) is 0 Å². The molecular formula is C14H16ClN3O2S. The Hall–Kier alpha value is -1.53. The van der Waals surface area contributed by atoms with Crippen molar-refractivity contribution in [3.05, 3.63) is 29.3 Å². The summed E-state index contributed by atoms with van der Waals surface area (Å²) >= 11 is 7.31. The lowest BCUT2D eigenvalue weighted by Gasteiger charge is -2.17. The predicted molar refractivity (Wildman–Crippen MR) is 83.4 cm³/mol. The molecular weight excluding hydrogens is 310 g/mol. The molecule has 1 heterocycles. The molecule has 21 heavy (non-hydrogen) atoms. The van der Waals surface area contributed by atoms with E-state index in [0.717, 1.165) is 0 Å². The second-order valence-corrected chi connectivity index (χ2v) is 5.54. The van der Waals surface area contributed by atoms with Gasteiger partial charge in [-0.2, -0.15) is 0 Å². The third-order valence-corrected chi connectivity index (χ3v) is 4.08. The van der Waals surface area contributed by atoms with Gasteiger partial charge in [-0.15, -0.1) is 10.2 Å². The van der Waals surface area contributed by atoms with Crippen molar-refractivity contribution in [3.63, 3.8) is 0 Å². The number of amides is 1. The van der Waals surface area contributed by atoms with Crippen molar-refractivity contribution in [3.8, 4) is 11.5 Å². The van der Waals surface area contributed by atoms with Crippen molar-refractivity contribution in [2.45, 2.75) is 19.1 Å². The number of aromatic nitrogens is 2. The van der Waals surface area contributed by atoms with Crippen molar-refractivity contribution in [2.24, 2.45) is 0 Å². The van der Waals surface area contributed by atoms with Crippen molar-refractivity contribution < 1.29 is 9.21 Å². The summed E-state index contributed by atoms with van der Waals surface area (Å²) in [5, 5.41) is 8.82. The van der Waals surface area contributed by atoms with Crippen LogP contribution in [0, 0.1) is 0 Å². The van der Waals surface area contributed by atoms with Gasteiger partial charge in [0.05, 0.1) is 16.3 Å². The van der Waals surface area contributed by atoms with Crippen LogP contribution in [0.1, 0.15) is 13.8 Å². The van der Waals surface area contributed by atoms with Gasteiger partial charge in [0.15, 0.2) is 0 Å². The highest BCUT2D eigenvalue weighted by atomic mass is 35.5. The average molecular weight is 326 g/mol. The first-order valence-corrected chi connectivity index (χ1v) is 8.01. The van der Waals surface area contributed by atoms with E-state index in [4.69, 9.17) is 16.0 Å².